The number of para-hydroxylation sites is 1. The Morgan fingerprint density at radius 2 is 1.74 bits per heavy atom. The van der Waals surface area contributed by atoms with Crippen molar-refractivity contribution >= 4 is 35.3 Å². The summed E-state index contributed by atoms with van der Waals surface area (Å²) in [4.78, 5) is 17.2. The number of hydrogen-bond donors (Lipinski definition) is 2. The summed E-state index contributed by atoms with van der Waals surface area (Å²) in [6.07, 6.45) is 2.20. The normalized spacial score (nSPS) is 14.4. The standard InChI is InChI=1S/C21H21N3OS.ClH/c25-20(19-14-26-21(24-19)16-6-2-1-3-7-16)23-18-9-5-4-8-17(18)15-10-12-22-13-11-15;/h1-9,14-15,22H,10-13H2,(H,23,25);1H. The van der Waals surface area contributed by atoms with Crippen LogP contribution in [0.4, 0.5) is 5.69 Å². The van der Waals surface area contributed by atoms with Crippen molar-refractivity contribution in [3.63, 3.8) is 0 Å². The lowest BCUT2D eigenvalue weighted by Crippen LogP contribution is -2.27. The molecule has 1 amide bonds. The van der Waals surface area contributed by atoms with E-state index < -0.39 is 0 Å². The Morgan fingerprint density at radius 1 is 1.04 bits per heavy atom. The number of carbonyl (C=O) groups is 1. The maximum atomic E-state index is 12.7. The number of rotatable bonds is 4. The first-order chi connectivity index (χ1) is 12.8. The summed E-state index contributed by atoms with van der Waals surface area (Å²) < 4.78 is 0. The molecule has 3 aromatic rings. The predicted molar refractivity (Wildman–Crippen MR) is 114 cm³/mol. The van der Waals surface area contributed by atoms with Crippen molar-refractivity contribution in [2.24, 2.45) is 0 Å². The van der Waals surface area contributed by atoms with Crippen LogP contribution in [0.3, 0.4) is 0 Å². The zero-order valence-corrected chi connectivity index (χ0v) is 16.5. The molecule has 6 heteroatoms. The van der Waals surface area contributed by atoms with E-state index in [1.807, 2.05) is 53.9 Å². The van der Waals surface area contributed by atoms with Crippen LogP contribution in [0.1, 0.15) is 34.8 Å². The van der Waals surface area contributed by atoms with Gasteiger partial charge in [-0.05, 0) is 43.5 Å². The maximum Gasteiger partial charge on any atom is 0.275 e. The van der Waals surface area contributed by atoms with Gasteiger partial charge in [-0.3, -0.25) is 4.79 Å². The molecule has 1 fully saturated rings. The van der Waals surface area contributed by atoms with Gasteiger partial charge in [-0.1, -0.05) is 48.5 Å². The van der Waals surface area contributed by atoms with E-state index in [9.17, 15) is 4.79 Å². The average molecular weight is 400 g/mol. The van der Waals surface area contributed by atoms with Crippen LogP contribution in [0.5, 0.6) is 0 Å². The van der Waals surface area contributed by atoms with E-state index in [4.69, 9.17) is 0 Å². The fourth-order valence-corrected chi connectivity index (χ4v) is 4.18. The molecule has 0 unspecified atom stereocenters. The van der Waals surface area contributed by atoms with Crippen molar-refractivity contribution in [1.82, 2.24) is 10.3 Å². The number of anilines is 1. The molecule has 1 aromatic heterocycles. The van der Waals surface area contributed by atoms with Gasteiger partial charge in [0.15, 0.2) is 0 Å². The number of aromatic nitrogens is 1. The van der Waals surface area contributed by atoms with Crippen LogP contribution in [0.25, 0.3) is 10.6 Å². The van der Waals surface area contributed by atoms with Gasteiger partial charge in [0.05, 0.1) is 0 Å². The Kier molecular flexibility index (Phi) is 6.61. The van der Waals surface area contributed by atoms with E-state index in [0.717, 1.165) is 42.2 Å². The highest BCUT2D eigenvalue weighted by Crippen LogP contribution is 2.31. The molecule has 1 aliphatic rings. The molecule has 140 valence electrons. The maximum absolute atomic E-state index is 12.7. The Labute approximate surface area is 169 Å². The molecule has 2 heterocycles. The molecule has 0 aliphatic carbocycles. The van der Waals surface area contributed by atoms with Crippen molar-refractivity contribution in [3.8, 4) is 10.6 Å². The second-order valence-electron chi connectivity index (χ2n) is 6.47. The molecule has 2 aromatic carbocycles. The smallest absolute Gasteiger partial charge is 0.275 e. The van der Waals surface area contributed by atoms with Crippen LogP contribution in [0.15, 0.2) is 60.0 Å². The van der Waals surface area contributed by atoms with Crippen LogP contribution >= 0.6 is 23.7 Å². The monoisotopic (exact) mass is 399 g/mol. The molecule has 1 aliphatic heterocycles. The van der Waals surface area contributed by atoms with Crippen molar-refractivity contribution < 1.29 is 4.79 Å². The van der Waals surface area contributed by atoms with E-state index in [-0.39, 0.29) is 18.3 Å². The lowest BCUT2D eigenvalue weighted by atomic mass is 9.89. The molecular weight excluding hydrogens is 378 g/mol. The van der Waals surface area contributed by atoms with Crippen LogP contribution in [0.2, 0.25) is 0 Å². The number of nitrogens with one attached hydrogen (secondary N) is 2. The summed E-state index contributed by atoms with van der Waals surface area (Å²) in [5.74, 6) is 0.341. The van der Waals surface area contributed by atoms with Gasteiger partial charge < -0.3 is 10.6 Å². The molecular formula is C21H22ClN3OS. The van der Waals surface area contributed by atoms with Gasteiger partial charge in [-0.2, -0.15) is 0 Å². The number of thiazole rings is 1. The number of hydrogen-bond acceptors (Lipinski definition) is 4. The average Bonchev–Trinajstić information content (AvgIpc) is 3.20. The number of halogens is 1. The molecule has 4 rings (SSSR count). The Balaban J connectivity index is 0.00000210. The van der Waals surface area contributed by atoms with Gasteiger partial charge in [0.25, 0.3) is 5.91 Å². The molecule has 2 N–H and O–H groups in total. The SMILES string of the molecule is Cl.O=C(Nc1ccccc1C1CCNCC1)c1csc(-c2ccccc2)n1. The van der Waals surface area contributed by atoms with Gasteiger partial charge in [-0.25, -0.2) is 4.98 Å². The molecule has 0 saturated carbocycles. The van der Waals surface area contributed by atoms with Gasteiger partial charge in [0.2, 0.25) is 0 Å². The summed E-state index contributed by atoms with van der Waals surface area (Å²) >= 11 is 1.49. The molecule has 0 atom stereocenters. The van der Waals surface area contributed by atoms with Gasteiger partial charge in [-0.15, -0.1) is 23.7 Å². The number of carbonyl (C=O) groups excluding carboxylic acids is 1. The molecule has 4 nitrogen and oxygen atoms in total. The van der Waals surface area contributed by atoms with E-state index in [2.05, 4.69) is 21.7 Å². The van der Waals surface area contributed by atoms with Crippen LogP contribution < -0.4 is 10.6 Å². The third-order valence-electron chi connectivity index (χ3n) is 4.75. The van der Waals surface area contributed by atoms with Crippen molar-refractivity contribution in [1.29, 1.82) is 0 Å². The molecule has 27 heavy (non-hydrogen) atoms. The lowest BCUT2D eigenvalue weighted by Gasteiger charge is -2.25. The summed E-state index contributed by atoms with van der Waals surface area (Å²) in [6, 6.07) is 18.1. The fraction of sp³-hybridized carbons (Fsp3) is 0.238. The van der Waals surface area contributed by atoms with Crippen molar-refractivity contribution in [2.75, 3.05) is 18.4 Å². The van der Waals surface area contributed by atoms with E-state index >= 15 is 0 Å². The van der Waals surface area contributed by atoms with Gasteiger partial charge in [0, 0.05) is 16.6 Å². The third kappa shape index (κ3) is 4.56. The highest BCUT2D eigenvalue weighted by atomic mass is 35.5. The molecule has 0 spiro atoms. The van der Waals surface area contributed by atoms with E-state index in [0.29, 0.717) is 11.6 Å². The molecule has 0 bridgehead atoms. The summed E-state index contributed by atoms with van der Waals surface area (Å²) in [5, 5.41) is 9.15. The topological polar surface area (TPSA) is 54.0 Å². The number of piperidine rings is 1. The minimum absolute atomic E-state index is 0. The van der Waals surface area contributed by atoms with Crippen LogP contribution in [0, 0.1) is 0 Å². The van der Waals surface area contributed by atoms with Gasteiger partial charge in [0.1, 0.15) is 10.7 Å². The quantitative estimate of drug-likeness (QED) is 0.652. The minimum atomic E-state index is -0.148. The first-order valence-electron chi connectivity index (χ1n) is 8.93. The first kappa shape index (κ1) is 19.5. The Bertz CT molecular complexity index is 891. The van der Waals surface area contributed by atoms with Crippen molar-refractivity contribution in [3.05, 3.63) is 71.2 Å². The number of amides is 1. The van der Waals surface area contributed by atoms with E-state index in [1.54, 1.807) is 0 Å². The zero-order valence-electron chi connectivity index (χ0n) is 14.9. The second kappa shape index (κ2) is 9.13. The first-order valence-corrected chi connectivity index (χ1v) is 9.81. The third-order valence-corrected chi connectivity index (χ3v) is 5.64. The number of nitrogens with zero attached hydrogens (tertiary/aromatic N) is 1. The Hall–Kier alpha value is -2.21. The molecule has 1 saturated heterocycles. The highest BCUT2D eigenvalue weighted by Gasteiger charge is 2.20. The largest absolute Gasteiger partial charge is 0.320 e. The minimum Gasteiger partial charge on any atom is -0.320 e. The van der Waals surface area contributed by atoms with Gasteiger partial charge >= 0.3 is 0 Å². The lowest BCUT2D eigenvalue weighted by molar-refractivity contribution is 0.102. The second-order valence-corrected chi connectivity index (χ2v) is 7.33. The summed E-state index contributed by atoms with van der Waals surface area (Å²) in [5.41, 5.74) is 3.63. The summed E-state index contributed by atoms with van der Waals surface area (Å²) in [6.45, 7) is 2.05. The van der Waals surface area contributed by atoms with Crippen molar-refractivity contribution in [2.45, 2.75) is 18.8 Å². The van der Waals surface area contributed by atoms with E-state index in [1.165, 1.54) is 16.9 Å². The Morgan fingerprint density at radius 3 is 2.52 bits per heavy atom. The van der Waals surface area contributed by atoms with Crippen LogP contribution in [-0.4, -0.2) is 24.0 Å². The summed E-state index contributed by atoms with van der Waals surface area (Å²) in [7, 11) is 0. The highest BCUT2D eigenvalue weighted by molar-refractivity contribution is 7.13. The fourth-order valence-electron chi connectivity index (χ4n) is 3.38. The number of benzene rings is 2. The molecule has 0 radical (unpaired) electrons. The van der Waals surface area contributed by atoms with Crippen LogP contribution in [-0.2, 0) is 0 Å². The zero-order chi connectivity index (χ0) is 17.8. The predicted octanol–water partition coefficient (Wildman–Crippen LogP) is 4.95.